The van der Waals surface area contributed by atoms with Gasteiger partial charge < -0.3 is 22.2 Å². The van der Waals surface area contributed by atoms with E-state index >= 15 is 0 Å². The molecule has 1 aromatic heterocycles. The standard InChI is InChI=1S/2C10H14.C7H10N.C2H7O3P.6CH4.ClH/c2*1-3-9(2)10-7-5-4-6-8-10;1-2-8-6-4-3-5-7-8;1-2-6(3,4)5;;;;;;;/h2*4-9H,3H2,1-2H3;3-7H,2H2,1H3;2H2,1H3,(H2,3,4,5);6*1H4;1H/q;;+1;;;;;;;;/p-1. The minimum atomic E-state index is -3.65. The number of nitrogens with zero attached hydrogens (tertiary/aromatic N) is 1. The Morgan fingerprint density at radius 3 is 1.07 bits per heavy atom. The summed E-state index contributed by atoms with van der Waals surface area (Å²) in [5.74, 6) is 1.42. The second-order valence-electron chi connectivity index (χ2n) is 8.13. The third-order valence-corrected chi connectivity index (χ3v) is 6.34. The molecule has 244 valence electrons. The monoisotopic (exact) mass is 617 g/mol. The van der Waals surface area contributed by atoms with Crippen LogP contribution in [-0.2, 0) is 11.1 Å². The number of aromatic nitrogens is 1. The van der Waals surface area contributed by atoms with Gasteiger partial charge in [-0.2, -0.15) is 0 Å². The lowest BCUT2D eigenvalue weighted by molar-refractivity contribution is -0.693. The predicted octanol–water partition coefficient (Wildman–Crippen LogP) is 8.40. The second kappa shape index (κ2) is 36.1. The van der Waals surface area contributed by atoms with E-state index in [4.69, 9.17) is 9.79 Å². The molecule has 0 fully saturated rings. The van der Waals surface area contributed by atoms with Crippen molar-refractivity contribution in [2.45, 2.75) is 117 Å². The molecule has 6 heteroatoms. The average molecular weight is 618 g/mol. The van der Waals surface area contributed by atoms with Gasteiger partial charge in [-0.25, -0.2) is 4.57 Å². The molecule has 0 amide bonds. The number of halogens is 1. The van der Waals surface area contributed by atoms with Crippen LogP contribution >= 0.6 is 7.60 Å². The normalized spacial score (nSPS) is 9.85. The summed E-state index contributed by atoms with van der Waals surface area (Å²) in [5, 5.41) is 0. The maximum Gasteiger partial charge on any atom is 0.325 e. The summed E-state index contributed by atoms with van der Waals surface area (Å²) in [4.78, 5) is 15.9. The van der Waals surface area contributed by atoms with Gasteiger partial charge in [-0.15, -0.1) is 0 Å². The van der Waals surface area contributed by atoms with Crippen molar-refractivity contribution >= 4 is 7.60 Å². The Hall–Kier alpha value is -1.97. The Bertz CT molecular complexity index is 846. The number of rotatable bonds is 6. The first kappa shape index (κ1) is 58.6. The van der Waals surface area contributed by atoms with E-state index in [1.54, 1.807) is 0 Å². The number of hydrogen-bond donors (Lipinski definition) is 2. The lowest BCUT2D eigenvalue weighted by Crippen LogP contribution is -3.00. The van der Waals surface area contributed by atoms with Gasteiger partial charge in [0.2, 0.25) is 0 Å². The molecular formula is C35H69ClNO3P. The summed E-state index contributed by atoms with van der Waals surface area (Å²) in [6, 6.07) is 27.4. The molecule has 2 aromatic carbocycles. The molecule has 2 atom stereocenters. The van der Waals surface area contributed by atoms with E-state index in [9.17, 15) is 4.57 Å². The quantitative estimate of drug-likeness (QED) is 0.216. The molecule has 0 bridgehead atoms. The Morgan fingerprint density at radius 2 is 0.878 bits per heavy atom. The summed E-state index contributed by atoms with van der Waals surface area (Å²) in [6.07, 6.45) is 6.50. The van der Waals surface area contributed by atoms with Crippen molar-refractivity contribution in [3.8, 4) is 0 Å². The molecule has 4 nitrogen and oxygen atoms in total. The highest BCUT2D eigenvalue weighted by Gasteiger charge is 2.05. The zero-order chi connectivity index (χ0) is 25.8. The van der Waals surface area contributed by atoms with Crippen LogP contribution in [0.4, 0.5) is 0 Å². The van der Waals surface area contributed by atoms with Gasteiger partial charge in [0.05, 0.1) is 0 Å². The Labute approximate surface area is 264 Å². The molecule has 3 aromatic rings. The SMILES string of the molecule is C.C.C.C.C.C.CCC(C)c1ccccc1.CCC(C)c1ccccc1.CCP(=O)(O)O.CC[n+]1ccccc1.[Cl-]. The number of aryl methyl sites for hydroxylation is 1. The molecule has 1 heterocycles. The molecule has 0 saturated carbocycles. The summed E-state index contributed by atoms with van der Waals surface area (Å²) in [7, 11) is -3.65. The van der Waals surface area contributed by atoms with Crippen molar-refractivity contribution in [1.29, 1.82) is 0 Å². The molecule has 0 aliphatic heterocycles. The van der Waals surface area contributed by atoms with Gasteiger partial charge in [0.1, 0.15) is 6.54 Å². The van der Waals surface area contributed by atoms with E-state index < -0.39 is 7.60 Å². The largest absolute Gasteiger partial charge is 1.00 e. The fourth-order valence-electron chi connectivity index (χ4n) is 2.68. The van der Waals surface area contributed by atoms with Crippen LogP contribution in [0.15, 0.2) is 91.3 Å². The third kappa shape index (κ3) is 32.4. The first-order valence-corrected chi connectivity index (χ1v) is 14.1. The molecule has 0 spiro atoms. The maximum absolute atomic E-state index is 9.69. The minimum absolute atomic E-state index is 0. The van der Waals surface area contributed by atoms with Crippen molar-refractivity contribution in [2.24, 2.45) is 0 Å². The van der Waals surface area contributed by atoms with Gasteiger partial charge in [-0.1, -0.05) is 146 Å². The molecule has 3 rings (SSSR count). The Morgan fingerprint density at radius 1 is 0.610 bits per heavy atom. The minimum Gasteiger partial charge on any atom is -1.00 e. The van der Waals surface area contributed by atoms with Crippen molar-refractivity contribution < 1.29 is 31.3 Å². The van der Waals surface area contributed by atoms with Crippen LogP contribution < -0.4 is 17.0 Å². The van der Waals surface area contributed by atoms with Crippen LogP contribution in [0.3, 0.4) is 0 Å². The van der Waals surface area contributed by atoms with E-state index in [1.807, 2.05) is 18.2 Å². The van der Waals surface area contributed by atoms with Crippen molar-refractivity contribution in [1.82, 2.24) is 0 Å². The zero-order valence-electron chi connectivity index (χ0n) is 22.2. The highest BCUT2D eigenvalue weighted by atomic mass is 35.5. The van der Waals surface area contributed by atoms with Crippen molar-refractivity contribution in [3.05, 3.63) is 102 Å². The van der Waals surface area contributed by atoms with E-state index in [2.05, 4.69) is 112 Å². The first-order chi connectivity index (χ1) is 16.2. The van der Waals surface area contributed by atoms with Crippen LogP contribution in [0, 0.1) is 0 Å². The maximum atomic E-state index is 9.69. The number of pyridine rings is 1. The van der Waals surface area contributed by atoms with Gasteiger partial charge >= 0.3 is 7.60 Å². The van der Waals surface area contributed by atoms with Gasteiger partial charge in [0.15, 0.2) is 12.4 Å². The molecule has 0 aliphatic carbocycles. The van der Waals surface area contributed by atoms with Crippen LogP contribution in [0.1, 0.15) is 122 Å². The molecule has 0 radical (unpaired) electrons. The predicted molar refractivity (Wildman–Crippen MR) is 186 cm³/mol. The topological polar surface area (TPSA) is 61.4 Å². The van der Waals surface area contributed by atoms with Crippen LogP contribution in [0.25, 0.3) is 0 Å². The van der Waals surface area contributed by atoms with Gasteiger partial charge in [0.25, 0.3) is 0 Å². The average Bonchev–Trinajstić information content (AvgIpc) is 2.90. The summed E-state index contributed by atoms with van der Waals surface area (Å²) in [6.45, 7) is 13.6. The van der Waals surface area contributed by atoms with Gasteiger partial charge in [-0.3, -0.25) is 4.57 Å². The Balaban J connectivity index is -0.0000000567. The molecular weight excluding hydrogens is 549 g/mol. The smallest absolute Gasteiger partial charge is 0.325 e. The van der Waals surface area contributed by atoms with Crippen LogP contribution in [0.5, 0.6) is 0 Å². The molecule has 0 aliphatic rings. The molecule has 41 heavy (non-hydrogen) atoms. The summed E-state index contributed by atoms with van der Waals surface area (Å²) in [5.41, 5.74) is 2.90. The molecule has 0 saturated heterocycles. The number of hydrogen-bond acceptors (Lipinski definition) is 1. The van der Waals surface area contributed by atoms with E-state index in [-0.39, 0.29) is 63.1 Å². The highest BCUT2D eigenvalue weighted by Crippen LogP contribution is 2.32. The first-order valence-electron chi connectivity index (χ1n) is 12.3. The second-order valence-corrected chi connectivity index (χ2v) is 10.1. The fourth-order valence-corrected chi connectivity index (χ4v) is 2.68. The van der Waals surface area contributed by atoms with Gasteiger partial charge in [0, 0.05) is 18.3 Å². The third-order valence-electron chi connectivity index (χ3n) is 5.52. The summed E-state index contributed by atoms with van der Waals surface area (Å²) >= 11 is 0. The van der Waals surface area contributed by atoms with Gasteiger partial charge in [-0.05, 0) is 42.7 Å². The van der Waals surface area contributed by atoms with Crippen LogP contribution in [0.2, 0.25) is 0 Å². The van der Waals surface area contributed by atoms with E-state index in [0.717, 1.165) is 6.54 Å². The molecule has 2 N–H and O–H groups in total. The van der Waals surface area contributed by atoms with E-state index in [0.29, 0.717) is 11.8 Å². The lowest BCUT2D eigenvalue weighted by atomic mass is 9.99. The van der Waals surface area contributed by atoms with Crippen LogP contribution in [-0.4, -0.2) is 15.9 Å². The summed E-state index contributed by atoms with van der Waals surface area (Å²) < 4.78 is 11.8. The molecule has 2 unspecified atom stereocenters. The van der Waals surface area contributed by atoms with E-state index in [1.165, 1.54) is 30.9 Å². The number of benzene rings is 2. The van der Waals surface area contributed by atoms with Crippen molar-refractivity contribution in [3.63, 3.8) is 0 Å². The zero-order valence-corrected chi connectivity index (χ0v) is 23.9. The highest BCUT2D eigenvalue weighted by molar-refractivity contribution is 7.51. The lowest BCUT2D eigenvalue weighted by Gasteiger charge is -2.06. The Kier molecular flexibility index (Phi) is 51.6. The van der Waals surface area contributed by atoms with Crippen molar-refractivity contribution in [2.75, 3.05) is 6.16 Å². The fraction of sp³-hybridized carbons (Fsp3) is 0.514.